The van der Waals surface area contributed by atoms with Crippen molar-refractivity contribution in [3.05, 3.63) is 21.0 Å². The molecule has 2 fully saturated rings. The summed E-state index contributed by atoms with van der Waals surface area (Å²) in [5.41, 5.74) is 0.684. The van der Waals surface area contributed by atoms with Crippen molar-refractivity contribution >= 4 is 21.6 Å². The van der Waals surface area contributed by atoms with Gasteiger partial charge in [-0.3, -0.25) is 4.79 Å². The molecule has 1 aliphatic heterocycles. The first kappa shape index (κ1) is 14.0. The lowest BCUT2D eigenvalue weighted by atomic mass is 10.2. The van der Waals surface area contributed by atoms with Crippen LogP contribution in [-0.4, -0.2) is 42.1 Å². The second kappa shape index (κ2) is 6.24. The molecule has 20 heavy (non-hydrogen) atoms. The van der Waals surface area contributed by atoms with Crippen molar-refractivity contribution in [2.75, 3.05) is 31.6 Å². The van der Waals surface area contributed by atoms with Crippen molar-refractivity contribution in [3.8, 4) is 0 Å². The van der Waals surface area contributed by atoms with E-state index in [9.17, 15) is 4.79 Å². The molecule has 1 atom stereocenters. The summed E-state index contributed by atoms with van der Waals surface area (Å²) in [5.74, 6) is 0.634. The van der Waals surface area contributed by atoms with E-state index in [-0.39, 0.29) is 11.6 Å². The maximum Gasteiger partial charge on any atom is 0.283 e. The largest absolute Gasteiger partial charge is 0.381 e. The van der Waals surface area contributed by atoms with Gasteiger partial charge >= 0.3 is 0 Å². The summed E-state index contributed by atoms with van der Waals surface area (Å²) < 4.78 is 7.51. The minimum atomic E-state index is -0.0604. The van der Waals surface area contributed by atoms with Crippen LogP contribution in [0.2, 0.25) is 0 Å². The van der Waals surface area contributed by atoms with E-state index in [1.54, 1.807) is 10.9 Å². The molecule has 3 rings (SSSR count). The first-order chi connectivity index (χ1) is 9.74. The SMILES string of the molecule is O=c1c(Br)c(NCC2COCCN2)cnn1CC1CC1. The molecular weight excluding hydrogens is 324 g/mol. The molecule has 1 unspecified atom stereocenters. The monoisotopic (exact) mass is 342 g/mol. The number of nitrogens with one attached hydrogen (secondary N) is 2. The van der Waals surface area contributed by atoms with Crippen molar-refractivity contribution in [2.24, 2.45) is 5.92 Å². The molecule has 1 aliphatic carbocycles. The van der Waals surface area contributed by atoms with Crippen LogP contribution in [0.1, 0.15) is 12.8 Å². The summed E-state index contributed by atoms with van der Waals surface area (Å²) in [6.07, 6.45) is 4.13. The summed E-state index contributed by atoms with van der Waals surface area (Å²) >= 11 is 3.38. The number of halogens is 1. The molecule has 2 N–H and O–H groups in total. The zero-order chi connectivity index (χ0) is 13.9. The molecule has 6 nitrogen and oxygen atoms in total. The Morgan fingerprint density at radius 3 is 3.10 bits per heavy atom. The quantitative estimate of drug-likeness (QED) is 0.829. The molecule has 0 amide bonds. The van der Waals surface area contributed by atoms with E-state index in [0.717, 1.165) is 25.4 Å². The van der Waals surface area contributed by atoms with Gasteiger partial charge in [0.1, 0.15) is 4.47 Å². The third-order valence-electron chi connectivity index (χ3n) is 3.65. The van der Waals surface area contributed by atoms with E-state index in [1.165, 1.54) is 12.8 Å². The summed E-state index contributed by atoms with van der Waals surface area (Å²) in [6, 6.07) is 0.268. The van der Waals surface area contributed by atoms with Crippen LogP contribution >= 0.6 is 15.9 Å². The van der Waals surface area contributed by atoms with Crippen LogP contribution in [-0.2, 0) is 11.3 Å². The number of morpholine rings is 1. The van der Waals surface area contributed by atoms with Crippen LogP contribution in [0.4, 0.5) is 5.69 Å². The van der Waals surface area contributed by atoms with Crippen LogP contribution in [0, 0.1) is 5.92 Å². The number of hydrogen-bond donors (Lipinski definition) is 2. The van der Waals surface area contributed by atoms with Gasteiger partial charge in [-0.15, -0.1) is 0 Å². The van der Waals surface area contributed by atoms with Gasteiger partial charge < -0.3 is 15.4 Å². The predicted octanol–water partition coefficient (Wildman–Crippen LogP) is 0.816. The fourth-order valence-electron chi connectivity index (χ4n) is 2.25. The van der Waals surface area contributed by atoms with Crippen molar-refractivity contribution in [2.45, 2.75) is 25.4 Å². The number of aromatic nitrogens is 2. The maximum absolute atomic E-state index is 12.2. The number of anilines is 1. The van der Waals surface area contributed by atoms with Crippen LogP contribution in [0.5, 0.6) is 0 Å². The highest BCUT2D eigenvalue weighted by molar-refractivity contribution is 9.10. The Bertz CT molecular complexity index is 524. The molecule has 0 bridgehead atoms. The highest BCUT2D eigenvalue weighted by Crippen LogP contribution is 2.30. The van der Waals surface area contributed by atoms with Crippen molar-refractivity contribution in [3.63, 3.8) is 0 Å². The fourth-order valence-corrected chi connectivity index (χ4v) is 2.69. The van der Waals surface area contributed by atoms with E-state index in [2.05, 4.69) is 31.7 Å². The lowest BCUT2D eigenvalue weighted by Crippen LogP contribution is -2.45. The van der Waals surface area contributed by atoms with E-state index < -0.39 is 0 Å². The lowest BCUT2D eigenvalue weighted by Gasteiger charge is -2.24. The zero-order valence-electron chi connectivity index (χ0n) is 11.3. The first-order valence-corrected chi connectivity index (χ1v) is 7.84. The average Bonchev–Trinajstić information content (AvgIpc) is 3.28. The van der Waals surface area contributed by atoms with Crippen LogP contribution in [0.25, 0.3) is 0 Å². The number of nitrogens with zero attached hydrogens (tertiary/aromatic N) is 2. The highest BCUT2D eigenvalue weighted by Gasteiger charge is 2.23. The zero-order valence-corrected chi connectivity index (χ0v) is 12.9. The smallest absolute Gasteiger partial charge is 0.283 e. The Balaban J connectivity index is 1.63. The average molecular weight is 343 g/mol. The molecule has 7 heteroatoms. The first-order valence-electron chi connectivity index (χ1n) is 7.04. The normalized spacial score (nSPS) is 22.8. The highest BCUT2D eigenvalue weighted by atomic mass is 79.9. The van der Waals surface area contributed by atoms with Gasteiger partial charge in [-0.05, 0) is 34.7 Å². The molecule has 110 valence electrons. The Kier molecular flexibility index (Phi) is 4.38. The lowest BCUT2D eigenvalue weighted by molar-refractivity contribution is 0.0806. The Hall–Kier alpha value is -0.920. The summed E-state index contributed by atoms with van der Waals surface area (Å²) in [6.45, 7) is 3.77. The number of rotatable bonds is 5. The molecule has 1 aromatic rings. The molecule has 2 aliphatic rings. The van der Waals surface area contributed by atoms with E-state index >= 15 is 0 Å². The van der Waals surface area contributed by atoms with E-state index in [1.807, 2.05) is 0 Å². The van der Waals surface area contributed by atoms with Crippen molar-refractivity contribution < 1.29 is 4.74 Å². The molecule has 2 heterocycles. The van der Waals surface area contributed by atoms with Crippen LogP contribution in [0.3, 0.4) is 0 Å². The van der Waals surface area contributed by atoms with Gasteiger partial charge in [-0.2, -0.15) is 5.10 Å². The van der Waals surface area contributed by atoms with Crippen molar-refractivity contribution in [1.29, 1.82) is 0 Å². The minimum Gasteiger partial charge on any atom is -0.381 e. The second-order valence-electron chi connectivity index (χ2n) is 5.41. The minimum absolute atomic E-state index is 0.0604. The second-order valence-corrected chi connectivity index (χ2v) is 6.20. The Labute approximate surface area is 126 Å². The molecule has 0 radical (unpaired) electrons. The summed E-state index contributed by atoms with van der Waals surface area (Å²) in [7, 11) is 0. The van der Waals surface area contributed by atoms with Gasteiger partial charge in [-0.1, -0.05) is 0 Å². The van der Waals surface area contributed by atoms with Crippen LogP contribution < -0.4 is 16.2 Å². The maximum atomic E-state index is 12.2. The van der Waals surface area contributed by atoms with Gasteiger partial charge in [0.15, 0.2) is 0 Å². The van der Waals surface area contributed by atoms with Gasteiger partial charge in [0.2, 0.25) is 0 Å². The fraction of sp³-hybridized carbons (Fsp3) is 0.692. The molecule has 1 aromatic heterocycles. The predicted molar refractivity (Wildman–Crippen MR) is 80.0 cm³/mol. The van der Waals surface area contributed by atoms with Gasteiger partial charge in [0, 0.05) is 25.7 Å². The molecular formula is C13H19BrN4O2. The molecule has 1 saturated heterocycles. The molecule has 1 saturated carbocycles. The number of ether oxygens (including phenoxy) is 1. The third-order valence-corrected chi connectivity index (χ3v) is 4.42. The summed E-state index contributed by atoms with van der Waals surface area (Å²) in [5, 5.41) is 10.9. The van der Waals surface area contributed by atoms with Gasteiger partial charge in [-0.25, -0.2) is 4.68 Å². The van der Waals surface area contributed by atoms with E-state index in [0.29, 0.717) is 23.5 Å². The van der Waals surface area contributed by atoms with Crippen LogP contribution in [0.15, 0.2) is 15.5 Å². The van der Waals surface area contributed by atoms with E-state index in [4.69, 9.17) is 4.74 Å². The van der Waals surface area contributed by atoms with Gasteiger partial charge in [0.25, 0.3) is 5.56 Å². The number of hydrogen-bond acceptors (Lipinski definition) is 5. The molecule has 0 spiro atoms. The molecule has 0 aromatic carbocycles. The van der Waals surface area contributed by atoms with Crippen molar-refractivity contribution in [1.82, 2.24) is 15.1 Å². The Morgan fingerprint density at radius 1 is 1.55 bits per heavy atom. The Morgan fingerprint density at radius 2 is 2.40 bits per heavy atom. The summed E-state index contributed by atoms with van der Waals surface area (Å²) in [4.78, 5) is 12.2. The topological polar surface area (TPSA) is 68.2 Å². The van der Waals surface area contributed by atoms with Gasteiger partial charge in [0.05, 0.1) is 25.1 Å². The third kappa shape index (κ3) is 3.39. The standard InChI is InChI=1S/C13H19BrN4O2/c14-12-11(16-5-10-8-20-4-3-15-10)6-17-18(13(12)19)7-9-1-2-9/h6,9-10,15-16H,1-5,7-8H2.